The lowest BCUT2D eigenvalue weighted by Gasteiger charge is -2.51. The van der Waals surface area contributed by atoms with Gasteiger partial charge in [-0.3, -0.25) is 9.88 Å². The third kappa shape index (κ3) is 2.16. The van der Waals surface area contributed by atoms with E-state index < -0.39 is 0 Å². The van der Waals surface area contributed by atoms with Crippen LogP contribution in [0.2, 0.25) is 0 Å². The first-order chi connectivity index (χ1) is 10.8. The van der Waals surface area contributed by atoms with E-state index >= 15 is 0 Å². The fourth-order valence-corrected chi connectivity index (χ4v) is 4.37. The van der Waals surface area contributed by atoms with Gasteiger partial charge in [0.1, 0.15) is 0 Å². The molecule has 0 aliphatic carbocycles. The Labute approximate surface area is 131 Å². The summed E-state index contributed by atoms with van der Waals surface area (Å²) in [5, 5.41) is 1.19. The maximum absolute atomic E-state index is 6.71. The number of hydrogen-bond donors (Lipinski definition) is 1. The second-order valence-corrected chi connectivity index (χ2v) is 6.69. The topological polar surface area (TPSA) is 42.1 Å². The summed E-state index contributed by atoms with van der Waals surface area (Å²) >= 11 is 0. The average Bonchev–Trinajstić information content (AvgIpc) is 2.60. The lowest BCUT2D eigenvalue weighted by atomic mass is 9.73. The molecule has 1 aromatic heterocycles. The molecule has 0 amide bonds. The molecule has 114 valence electrons. The van der Waals surface area contributed by atoms with Gasteiger partial charge in [-0.2, -0.15) is 0 Å². The number of rotatable bonds is 3. The Morgan fingerprint density at radius 1 is 1.32 bits per heavy atom. The van der Waals surface area contributed by atoms with Gasteiger partial charge in [-0.05, 0) is 48.9 Å². The van der Waals surface area contributed by atoms with E-state index in [0.29, 0.717) is 12.0 Å². The summed E-state index contributed by atoms with van der Waals surface area (Å²) in [4.78, 5) is 7.04. The van der Waals surface area contributed by atoms with Gasteiger partial charge < -0.3 is 5.73 Å². The minimum Gasteiger partial charge on any atom is -0.323 e. The molecule has 3 saturated heterocycles. The Balaban J connectivity index is 1.67. The number of pyridine rings is 1. The molecule has 2 bridgehead atoms. The van der Waals surface area contributed by atoms with Crippen molar-refractivity contribution in [2.24, 2.45) is 17.6 Å². The van der Waals surface area contributed by atoms with Crippen molar-refractivity contribution in [2.75, 3.05) is 13.1 Å². The van der Waals surface area contributed by atoms with Gasteiger partial charge in [-0.15, -0.1) is 6.58 Å². The minimum absolute atomic E-state index is 0.0569. The zero-order valence-electron chi connectivity index (χ0n) is 12.9. The highest BCUT2D eigenvalue weighted by Crippen LogP contribution is 2.41. The quantitative estimate of drug-likeness (QED) is 0.884. The van der Waals surface area contributed by atoms with E-state index in [9.17, 15) is 0 Å². The number of aromatic nitrogens is 1. The summed E-state index contributed by atoms with van der Waals surface area (Å²) in [5.74, 6) is 1.40. The molecule has 2 aromatic rings. The standard InChI is InChI=1S/C19H23N3/c1-2-13-12-22-10-8-14(13)11-18(22)19(20)16-7-9-21-17-6-4-3-5-15(16)17/h2-7,9,13-14,18-19H,1,8,10-12,20H2/t13-,14?,18?,19+/m0/s1. The van der Waals surface area contributed by atoms with E-state index in [1.54, 1.807) is 0 Å². The molecule has 3 fully saturated rings. The van der Waals surface area contributed by atoms with Crippen molar-refractivity contribution in [3.05, 3.63) is 54.7 Å². The van der Waals surface area contributed by atoms with Crippen molar-refractivity contribution in [1.29, 1.82) is 0 Å². The molecule has 3 aliphatic heterocycles. The zero-order valence-corrected chi connectivity index (χ0v) is 12.9. The van der Waals surface area contributed by atoms with E-state index in [1.807, 2.05) is 12.3 Å². The van der Waals surface area contributed by atoms with Crippen LogP contribution >= 0.6 is 0 Å². The summed E-state index contributed by atoms with van der Waals surface area (Å²) in [6.45, 7) is 6.30. The summed E-state index contributed by atoms with van der Waals surface area (Å²) in [6.07, 6.45) is 6.51. The molecule has 3 aliphatic rings. The Bertz CT molecular complexity index is 691. The van der Waals surface area contributed by atoms with Gasteiger partial charge >= 0.3 is 0 Å². The number of piperidine rings is 3. The molecule has 4 heterocycles. The van der Waals surface area contributed by atoms with Crippen molar-refractivity contribution < 1.29 is 0 Å². The van der Waals surface area contributed by atoms with Gasteiger partial charge in [0.25, 0.3) is 0 Å². The molecule has 0 spiro atoms. The van der Waals surface area contributed by atoms with E-state index in [4.69, 9.17) is 5.73 Å². The van der Waals surface area contributed by atoms with Gasteiger partial charge in [0.05, 0.1) is 5.52 Å². The van der Waals surface area contributed by atoms with Crippen LogP contribution in [0.25, 0.3) is 10.9 Å². The molecular formula is C19H23N3. The Morgan fingerprint density at radius 2 is 2.18 bits per heavy atom. The lowest BCUT2D eigenvalue weighted by molar-refractivity contribution is 0.00749. The van der Waals surface area contributed by atoms with E-state index in [2.05, 4.69) is 46.8 Å². The van der Waals surface area contributed by atoms with Crippen LogP contribution in [0.1, 0.15) is 24.4 Å². The Hall–Kier alpha value is -1.71. The average molecular weight is 293 g/mol. The molecule has 5 atom stereocenters. The first-order valence-electron chi connectivity index (χ1n) is 8.24. The number of benzene rings is 1. The zero-order chi connectivity index (χ0) is 15.1. The molecule has 1 aromatic carbocycles. The van der Waals surface area contributed by atoms with E-state index in [1.165, 1.54) is 30.3 Å². The number of hydrogen-bond acceptors (Lipinski definition) is 3. The van der Waals surface area contributed by atoms with Gasteiger partial charge in [0.15, 0.2) is 0 Å². The van der Waals surface area contributed by atoms with E-state index in [0.717, 1.165) is 18.0 Å². The SMILES string of the molecule is C=C[C@H]1C[N@@]2CCC1CC2[C@H](N)c1ccnc2ccccc12. The van der Waals surface area contributed by atoms with Crippen LogP contribution < -0.4 is 5.73 Å². The van der Waals surface area contributed by atoms with Crippen LogP contribution in [0.15, 0.2) is 49.2 Å². The monoisotopic (exact) mass is 293 g/mol. The molecule has 0 saturated carbocycles. The van der Waals surface area contributed by atoms with Crippen LogP contribution in [0, 0.1) is 11.8 Å². The maximum atomic E-state index is 6.71. The van der Waals surface area contributed by atoms with Crippen LogP contribution in [-0.4, -0.2) is 29.0 Å². The predicted octanol–water partition coefficient (Wildman–Crippen LogP) is 3.13. The fraction of sp³-hybridized carbons (Fsp3) is 0.421. The molecule has 0 radical (unpaired) electrons. The van der Waals surface area contributed by atoms with Crippen LogP contribution in [-0.2, 0) is 0 Å². The van der Waals surface area contributed by atoms with E-state index in [-0.39, 0.29) is 6.04 Å². The van der Waals surface area contributed by atoms with Crippen molar-refractivity contribution in [3.8, 4) is 0 Å². The third-order valence-electron chi connectivity index (χ3n) is 5.61. The smallest absolute Gasteiger partial charge is 0.0705 e. The molecule has 2 N–H and O–H groups in total. The largest absolute Gasteiger partial charge is 0.323 e. The highest BCUT2D eigenvalue weighted by molar-refractivity contribution is 5.82. The van der Waals surface area contributed by atoms with Crippen molar-refractivity contribution >= 4 is 10.9 Å². The summed E-state index contributed by atoms with van der Waals surface area (Å²) in [6, 6.07) is 10.9. The second-order valence-electron chi connectivity index (χ2n) is 6.69. The first-order valence-corrected chi connectivity index (χ1v) is 8.24. The first kappa shape index (κ1) is 13.9. The number of nitrogens with zero attached hydrogens (tertiary/aromatic N) is 2. The van der Waals surface area contributed by atoms with Crippen molar-refractivity contribution in [2.45, 2.75) is 24.9 Å². The van der Waals surface area contributed by atoms with Crippen LogP contribution in [0.3, 0.4) is 0 Å². The minimum atomic E-state index is 0.0569. The summed E-state index contributed by atoms with van der Waals surface area (Å²) < 4.78 is 0. The summed E-state index contributed by atoms with van der Waals surface area (Å²) in [5.41, 5.74) is 8.99. The molecule has 2 unspecified atom stereocenters. The number of fused-ring (bicyclic) bond motifs is 4. The number of para-hydroxylation sites is 1. The highest BCUT2D eigenvalue weighted by atomic mass is 15.2. The normalized spacial score (nSPS) is 32.0. The van der Waals surface area contributed by atoms with Crippen molar-refractivity contribution in [3.63, 3.8) is 0 Å². The molecule has 3 nitrogen and oxygen atoms in total. The van der Waals surface area contributed by atoms with Gasteiger partial charge in [-0.25, -0.2) is 0 Å². The predicted molar refractivity (Wildman–Crippen MR) is 90.4 cm³/mol. The van der Waals surface area contributed by atoms with Gasteiger partial charge in [-0.1, -0.05) is 24.3 Å². The molecule has 22 heavy (non-hydrogen) atoms. The van der Waals surface area contributed by atoms with Gasteiger partial charge in [0.2, 0.25) is 0 Å². The summed E-state index contributed by atoms with van der Waals surface area (Å²) in [7, 11) is 0. The fourth-order valence-electron chi connectivity index (χ4n) is 4.37. The van der Waals surface area contributed by atoms with Crippen LogP contribution in [0.4, 0.5) is 0 Å². The lowest BCUT2D eigenvalue weighted by Crippen LogP contribution is -2.56. The van der Waals surface area contributed by atoms with Crippen molar-refractivity contribution in [1.82, 2.24) is 9.88 Å². The Morgan fingerprint density at radius 3 is 2.95 bits per heavy atom. The highest BCUT2D eigenvalue weighted by Gasteiger charge is 2.41. The Kier molecular flexibility index (Phi) is 3.47. The maximum Gasteiger partial charge on any atom is 0.0705 e. The molecule has 3 heteroatoms. The number of nitrogens with two attached hydrogens (primary N) is 1. The molecular weight excluding hydrogens is 270 g/mol. The third-order valence-corrected chi connectivity index (χ3v) is 5.61. The van der Waals surface area contributed by atoms with Gasteiger partial charge in [0, 0.05) is 30.2 Å². The molecule has 5 rings (SSSR count). The second kappa shape index (κ2) is 5.49. The van der Waals surface area contributed by atoms with Crippen LogP contribution in [0.5, 0.6) is 0 Å².